The van der Waals surface area contributed by atoms with Gasteiger partial charge in [-0.15, -0.1) is 10.2 Å². The fourth-order valence-corrected chi connectivity index (χ4v) is 1.29. The van der Waals surface area contributed by atoms with Crippen molar-refractivity contribution in [2.45, 2.75) is 19.5 Å². The highest BCUT2D eigenvalue weighted by molar-refractivity contribution is 5.82. The first-order valence-corrected chi connectivity index (χ1v) is 5.40. The summed E-state index contributed by atoms with van der Waals surface area (Å²) >= 11 is 0. The van der Waals surface area contributed by atoms with Gasteiger partial charge in [0, 0.05) is 0 Å². The molecule has 0 unspecified atom stereocenters. The van der Waals surface area contributed by atoms with Crippen molar-refractivity contribution < 1.29 is 19.1 Å². The van der Waals surface area contributed by atoms with Crippen LogP contribution < -0.4 is 5.32 Å². The number of rotatable bonds is 5. The lowest BCUT2D eigenvalue weighted by atomic mass is 10.3. The third kappa shape index (κ3) is 3.15. The second kappa shape index (κ2) is 5.29. The van der Waals surface area contributed by atoms with Crippen LogP contribution in [0.25, 0.3) is 11.6 Å². The first-order valence-electron chi connectivity index (χ1n) is 5.40. The predicted molar refractivity (Wildman–Crippen MR) is 60.8 cm³/mol. The summed E-state index contributed by atoms with van der Waals surface area (Å²) in [6, 6.07) is 2.37. The highest BCUT2D eigenvalue weighted by Crippen LogP contribution is 2.12. The fourth-order valence-electron chi connectivity index (χ4n) is 1.29. The summed E-state index contributed by atoms with van der Waals surface area (Å²) in [6.45, 7) is 1.15. The number of tetrazole rings is 1. The largest absolute Gasteiger partial charge is 0.480 e. The number of hydrogen-bond donors (Lipinski definition) is 2. The Kier molecular flexibility index (Phi) is 3.55. The second-order valence-corrected chi connectivity index (χ2v) is 3.75. The molecule has 0 aliphatic carbocycles. The lowest BCUT2D eigenvalue weighted by molar-refractivity contribution is -0.141. The molecule has 1 amide bonds. The molecule has 1 atom stereocenters. The summed E-state index contributed by atoms with van der Waals surface area (Å²) in [6.07, 6.45) is 1.47. The summed E-state index contributed by atoms with van der Waals surface area (Å²) in [5.74, 6) is -0.941. The summed E-state index contributed by atoms with van der Waals surface area (Å²) in [4.78, 5) is 23.1. The molecule has 9 nitrogen and oxygen atoms in total. The first-order chi connectivity index (χ1) is 9.06. The van der Waals surface area contributed by atoms with Crippen molar-refractivity contribution in [2.75, 3.05) is 0 Å². The van der Waals surface area contributed by atoms with E-state index in [0.29, 0.717) is 5.76 Å². The van der Waals surface area contributed by atoms with Crippen LogP contribution in [-0.4, -0.2) is 43.2 Å². The zero-order valence-corrected chi connectivity index (χ0v) is 9.98. The maximum absolute atomic E-state index is 11.5. The summed E-state index contributed by atoms with van der Waals surface area (Å²) in [7, 11) is 0. The Labute approximate surface area is 107 Å². The minimum Gasteiger partial charge on any atom is -0.480 e. The molecule has 2 aromatic heterocycles. The van der Waals surface area contributed by atoms with Crippen LogP contribution in [0, 0.1) is 0 Å². The van der Waals surface area contributed by atoms with E-state index in [1.807, 2.05) is 0 Å². The summed E-state index contributed by atoms with van der Waals surface area (Å²) in [5, 5.41) is 22.3. The molecule has 0 saturated heterocycles. The van der Waals surface area contributed by atoms with E-state index in [-0.39, 0.29) is 12.4 Å². The van der Waals surface area contributed by atoms with Crippen LogP contribution in [0.15, 0.2) is 22.8 Å². The lowest BCUT2D eigenvalue weighted by Crippen LogP contribution is -2.40. The number of nitrogens with zero attached hydrogens (tertiary/aromatic N) is 4. The molecule has 0 saturated carbocycles. The molecule has 0 bridgehead atoms. The quantitative estimate of drug-likeness (QED) is 0.748. The molecule has 2 rings (SSSR count). The summed E-state index contributed by atoms with van der Waals surface area (Å²) < 4.78 is 5.08. The minimum absolute atomic E-state index is 0.217. The van der Waals surface area contributed by atoms with Gasteiger partial charge in [0.1, 0.15) is 12.6 Å². The maximum atomic E-state index is 11.5. The normalized spacial score (nSPS) is 12.1. The molecular formula is C10H11N5O4. The molecule has 100 valence electrons. The monoisotopic (exact) mass is 265 g/mol. The molecule has 19 heavy (non-hydrogen) atoms. The van der Waals surface area contributed by atoms with Gasteiger partial charge in [-0.2, -0.15) is 4.80 Å². The smallest absolute Gasteiger partial charge is 0.325 e. The van der Waals surface area contributed by atoms with E-state index in [1.165, 1.54) is 13.2 Å². The van der Waals surface area contributed by atoms with Crippen molar-refractivity contribution in [3.8, 4) is 11.6 Å². The first kappa shape index (κ1) is 12.7. The van der Waals surface area contributed by atoms with Gasteiger partial charge in [0.15, 0.2) is 5.76 Å². The zero-order valence-electron chi connectivity index (χ0n) is 9.98. The van der Waals surface area contributed by atoms with Crippen LogP contribution in [-0.2, 0) is 16.1 Å². The number of furan rings is 1. The molecule has 9 heteroatoms. The van der Waals surface area contributed by atoms with E-state index in [4.69, 9.17) is 9.52 Å². The maximum Gasteiger partial charge on any atom is 0.325 e. The average Bonchev–Trinajstić information content (AvgIpc) is 2.97. The number of carbonyl (C=O) groups excluding carboxylic acids is 1. The van der Waals surface area contributed by atoms with Crippen LogP contribution >= 0.6 is 0 Å². The number of hydrogen-bond acceptors (Lipinski definition) is 6. The molecule has 0 aromatic carbocycles. The van der Waals surface area contributed by atoms with Gasteiger partial charge in [0.25, 0.3) is 0 Å². The van der Waals surface area contributed by atoms with Gasteiger partial charge in [-0.05, 0) is 24.3 Å². The molecule has 0 spiro atoms. The van der Waals surface area contributed by atoms with Gasteiger partial charge < -0.3 is 14.8 Å². The van der Waals surface area contributed by atoms with Crippen LogP contribution in [0.5, 0.6) is 0 Å². The van der Waals surface area contributed by atoms with E-state index in [9.17, 15) is 9.59 Å². The number of carboxylic acids is 1. The van der Waals surface area contributed by atoms with Gasteiger partial charge in [-0.3, -0.25) is 9.59 Å². The van der Waals surface area contributed by atoms with Gasteiger partial charge in [0.2, 0.25) is 11.7 Å². The van der Waals surface area contributed by atoms with Crippen LogP contribution in [0.4, 0.5) is 0 Å². The van der Waals surface area contributed by atoms with Crippen molar-refractivity contribution in [1.29, 1.82) is 0 Å². The number of carbonyl (C=O) groups is 2. The molecule has 0 aliphatic rings. The van der Waals surface area contributed by atoms with Crippen molar-refractivity contribution in [1.82, 2.24) is 25.5 Å². The Morgan fingerprint density at radius 2 is 2.37 bits per heavy atom. The number of carboxylic acid groups (broad SMARTS) is 1. The van der Waals surface area contributed by atoms with Crippen LogP contribution in [0.1, 0.15) is 6.92 Å². The van der Waals surface area contributed by atoms with E-state index in [2.05, 4.69) is 20.7 Å². The predicted octanol–water partition coefficient (Wildman–Crippen LogP) is -0.478. The Morgan fingerprint density at radius 3 is 3.00 bits per heavy atom. The fraction of sp³-hybridized carbons (Fsp3) is 0.300. The average molecular weight is 265 g/mol. The zero-order chi connectivity index (χ0) is 13.8. The molecule has 2 N–H and O–H groups in total. The van der Waals surface area contributed by atoms with Crippen molar-refractivity contribution >= 4 is 11.9 Å². The van der Waals surface area contributed by atoms with Crippen molar-refractivity contribution in [3.63, 3.8) is 0 Å². The Hall–Kier alpha value is -2.71. The van der Waals surface area contributed by atoms with E-state index in [1.54, 1.807) is 12.1 Å². The van der Waals surface area contributed by atoms with Crippen LogP contribution in [0.2, 0.25) is 0 Å². The van der Waals surface area contributed by atoms with Crippen LogP contribution in [0.3, 0.4) is 0 Å². The molecule has 2 heterocycles. The third-order valence-electron chi connectivity index (χ3n) is 2.23. The number of aromatic nitrogens is 4. The standard InChI is InChI=1S/C10H11N5O4/c1-6(10(17)18)11-8(16)5-15-13-9(12-14-15)7-3-2-4-19-7/h2-4,6H,5H2,1H3,(H,11,16)(H,17,18)/t6-/m1/s1. The summed E-state index contributed by atoms with van der Waals surface area (Å²) in [5.41, 5.74) is 0. The van der Waals surface area contributed by atoms with Gasteiger partial charge >= 0.3 is 5.97 Å². The van der Waals surface area contributed by atoms with Crippen molar-refractivity contribution in [2.24, 2.45) is 0 Å². The van der Waals surface area contributed by atoms with E-state index in [0.717, 1.165) is 4.80 Å². The second-order valence-electron chi connectivity index (χ2n) is 3.75. The topological polar surface area (TPSA) is 123 Å². The SMILES string of the molecule is C[C@@H](NC(=O)Cn1nnc(-c2ccco2)n1)C(=O)O. The molecular weight excluding hydrogens is 254 g/mol. The molecule has 0 fully saturated rings. The minimum atomic E-state index is -1.11. The lowest BCUT2D eigenvalue weighted by Gasteiger charge is -2.07. The Balaban J connectivity index is 1.97. The Morgan fingerprint density at radius 1 is 1.58 bits per heavy atom. The number of amides is 1. The highest BCUT2D eigenvalue weighted by Gasteiger charge is 2.16. The highest BCUT2D eigenvalue weighted by atomic mass is 16.4. The molecule has 2 aromatic rings. The van der Waals surface area contributed by atoms with E-state index >= 15 is 0 Å². The van der Waals surface area contributed by atoms with Gasteiger partial charge in [-0.1, -0.05) is 0 Å². The molecule has 0 aliphatic heterocycles. The van der Waals surface area contributed by atoms with Gasteiger partial charge in [-0.25, -0.2) is 0 Å². The van der Waals surface area contributed by atoms with E-state index < -0.39 is 17.9 Å². The number of aliphatic carboxylic acids is 1. The Bertz CT molecular complexity index is 577. The van der Waals surface area contributed by atoms with Gasteiger partial charge in [0.05, 0.1) is 6.26 Å². The third-order valence-corrected chi connectivity index (χ3v) is 2.23. The number of nitrogens with one attached hydrogen (secondary N) is 1. The molecule has 0 radical (unpaired) electrons. The van der Waals surface area contributed by atoms with Crippen molar-refractivity contribution in [3.05, 3.63) is 18.4 Å².